The molecule has 0 saturated heterocycles. The molecule has 3 rings (SSSR count). The molecule has 0 atom stereocenters. The minimum atomic E-state index is -0.557. The molecule has 0 spiro atoms. The Kier molecular flexibility index (Phi) is 6.73. The van der Waals surface area contributed by atoms with Crippen molar-refractivity contribution >= 4 is 23.2 Å². The predicted octanol–water partition coefficient (Wildman–Crippen LogP) is 3.54. The molecule has 3 aromatic carbocycles. The van der Waals surface area contributed by atoms with Crippen molar-refractivity contribution in [1.82, 2.24) is 5.32 Å². The quantitative estimate of drug-likeness (QED) is 0.440. The van der Waals surface area contributed by atoms with E-state index in [4.69, 9.17) is 4.74 Å². The van der Waals surface area contributed by atoms with E-state index in [9.17, 15) is 19.7 Å². The summed E-state index contributed by atoms with van der Waals surface area (Å²) in [6.45, 7) is 0.290. The Hall–Kier alpha value is -4.20. The van der Waals surface area contributed by atoms with Crippen molar-refractivity contribution in [2.75, 3.05) is 11.9 Å². The summed E-state index contributed by atoms with van der Waals surface area (Å²) in [6.07, 6.45) is 0. The first-order valence-corrected chi connectivity index (χ1v) is 9.10. The minimum Gasteiger partial charge on any atom is -0.484 e. The molecule has 0 unspecified atom stereocenters. The maximum atomic E-state index is 12.3. The van der Waals surface area contributed by atoms with Gasteiger partial charge in [-0.15, -0.1) is 0 Å². The van der Waals surface area contributed by atoms with Crippen LogP contribution >= 0.6 is 0 Å². The van der Waals surface area contributed by atoms with Gasteiger partial charge in [-0.3, -0.25) is 19.7 Å². The fourth-order valence-electron chi connectivity index (χ4n) is 2.59. The standard InChI is InChI=1S/C22H19N3O5/c26-21(23-14-16-5-2-1-3-6-16)15-30-20-11-9-18(10-12-20)24-22(27)17-7-4-8-19(13-17)25(28)29/h1-13H,14-15H2,(H,23,26)(H,24,27). The summed E-state index contributed by atoms with van der Waals surface area (Å²) in [7, 11) is 0. The van der Waals surface area contributed by atoms with Crippen molar-refractivity contribution in [3.63, 3.8) is 0 Å². The van der Waals surface area contributed by atoms with Crippen molar-refractivity contribution in [3.05, 3.63) is 100 Å². The first-order valence-electron chi connectivity index (χ1n) is 9.10. The SMILES string of the molecule is O=C(COc1ccc(NC(=O)c2cccc([N+](=O)[O-])c2)cc1)NCc1ccccc1. The van der Waals surface area contributed by atoms with Gasteiger partial charge in [0.1, 0.15) is 5.75 Å². The minimum absolute atomic E-state index is 0.133. The van der Waals surface area contributed by atoms with Crippen molar-refractivity contribution in [1.29, 1.82) is 0 Å². The number of carbonyl (C=O) groups excluding carboxylic acids is 2. The van der Waals surface area contributed by atoms with Gasteiger partial charge in [0, 0.05) is 29.9 Å². The molecular weight excluding hydrogens is 386 g/mol. The number of carbonyl (C=O) groups is 2. The number of rotatable bonds is 8. The van der Waals surface area contributed by atoms with Crippen molar-refractivity contribution < 1.29 is 19.2 Å². The van der Waals surface area contributed by atoms with Gasteiger partial charge in [-0.25, -0.2) is 0 Å². The molecule has 0 radical (unpaired) electrons. The first-order chi connectivity index (χ1) is 14.5. The number of nitrogens with zero attached hydrogens (tertiary/aromatic N) is 1. The molecule has 0 aliphatic rings. The molecule has 2 N–H and O–H groups in total. The van der Waals surface area contributed by atoms with Crippen LogP contribution in [0.1, 0.15) is 15.9 Å². The largest absolute Gasteiger partial charge is 0.484 e. The molecule has 0 fully saturated rings. The lowest BCUT2D eigenvalue weighted by molar-refractivity contribution is -0.384. The Morgan fingerprint density at radius 1 is 0.933 bits per heavy atom. The second kappa shape index (κ2) is 9.83. The first kappa shape index (κ1) is 20.5. The van der Waals surface area contributed by atoms with E-state index < -0.39 is 10.8 Å². The average Bonchev–Trinajstić information content (AvgIpc) is 2.78. The van der Waals surface area contributed by atoms with Gasteiger partial charge in [0.05, 0.1) is 4.92 Å². The summed E-state index contributed by atoms with van der Waals surface area (Å²) in [5.74, 6) is -0.243. The van der Waals surface area contributed by atoms with Crippen molar-refractivity contribution in [2.45, 2.75) is 6.54 Å². The van der Waals surface area contributed by atoms with Gasteiger partial charge >= 0.3 is 0 Å². The number of anilines is 1. The van der Waals surface area contributed by atoms with Crippen LogP contribution in [0.5, 0.6) is 5.75 Å². The lowest BCUT2D eigenvalue weighted by atomic mass is 10.2. The van der Waals surface area contributed by atoms with E-state index >= 15 is 0 Å². The van der Waals surface area contributed by atoms with Gasteiger partial charge in [0.2, 0.25) is 0 Å². The van der Waals surface area contributed by atoms with E-state index in [0.29, 0.717) is 18.0 Å². The number of hydrogen-bond donors (Lipinski definition) is 2. The topological polar surface area (TPSA) is 111 Å². The fourth-order valence-corrected chi connectivity index (χ4v) is 2.59. The number of amides is 2. The molecule has 0 saturated carbocycles. The van der Waals surface area contributed by atoms with Crippen LogP contribution in [0.15, 0.2) is 78.9 Å². The van der Waals surface area contributed by atoms with E-state index in [1.54, 1.807) is 24.3 Å². The molecular formula is C22H19N3O5. The predicted molar refractivity (Wildman–Crippen MR) is 111 cm³/mol. The Labute approximate surface area is 172 Å². The Morgan fingerprint density at radius 3 is 2.37 bits per heavy atom. The van der Waals surface area contributed by atoms with Gasteiger partial charge in [-0.1, -0.05) is 36.4 Å². The van der Waals surface area contributed by atoms with Crippen LogP contribution in [0.4, 0.5) is 11.4 Å². The van der Waals surface area contributed by atoms with E-state index in [-0.39, 0.29) is 23.8 Å². The molecule has 2 amide bonds. The lowest BCUT2D eigenvalue weighted by Crippen LogP contribution is -2.28. The Morgan fingerprint density at radius 2 is 1.67 bits per heavy atom. The normalized spacial score (nSPS) is 10.1. The zero-order valence-electron chi connectivity index (χ0n) is 15.9. The third-order valence-electron chi connectivity index (χ3n) is 4.13. The van der Waals surface area contributed by atoms with E-state index in [1.807, 2.05) is 30.3 Å². The number of benzene rings is 3. The van der Waals surface area contributed by atoms with Crippen LogP contribution < -0.4 is 15.4 Å². The van der Waals surface area contributed by atoms with Gasteiger partial charge in [0.25, 0.3) is 17.5 Å². The molecule has 0 bridgehead atoms. The van der Waals surface area contributed by atoms with Crippen LogP contribution in [0.25, 0.3) is 0 Å². The summed E-state index contributed by atoms with van der Waals surface area (Å²) < 4.78 is 5.44. The lowest BCUT2D eigenvalue weighted by Gasteiger charge is -2.09. The highest BCUT2D eigenvalue weighted by molar-refractivity contribution is 6.04. The molecule has 30 heavy (non-hydrogen) atoms. The van der Waals surface area contributed by atoms with Crippen molar-refractivity contribution in [3.8, 4) is 5.75 Å². The molecule has 0 aliphatic carbocycles. The highest BCUT2D eigenvalue weighted by atomic mass is 16.6. The summed E-state index contributed by atoms with van der Waals surface area (Å²) >= 11 is 0. The number of hydrogen-bond acceptors (Lipinski definition) is 5. The third kappa shape index (κ3) is 5.90. The second-order valence-corrected chi connectivity index (χ2v) is 6.34. The number of ether oxygens (including phenoxy) is 1. The van der Waals surface area contributed by atoms with E-state index in [2.05, 4.69) is 10.6 Å². The molecule has 152 valence electrons. The monoisotopic (exact) mass is 405 g/mol. The van der Waals surface area contributed by atoms with Gasteiger partial charge in [-0.05, 0) is 35.9 Å². The summed E-state index contributed by atoms with van der Waals surface area (Å²) in [5.41, 5.74) is 1.51. The highest BCUT2D eigenvalue weighted by Gasteiger charge is 2.12. The van der Waals surface area contributed by atoms with Crippen LogP contribution in [0.2, 0.25) is 0 Å². The summed E-state index contributed by atoms with van der Waals surface area (Å²) in [6, 6.07) is 21.5. The maximum Gasteiger partial charge on any atom is 0.270 e. The van der Waals surface area contributed by atoms with Crippen LogP contribution in [-0.2, 0) is 11.3 Å². The van der Waals surface area contributed by atoms with Crippen LogP contribution in [0.3, 0.4) is 0 Å². The summed E-state index contributed by atoms with van der Waals surface area (Å²) in [5, 5.41) is 16.3. The fraction of sp³-hybridized carbons (Fsp3) is 0.0909. The second-order valence-electron chi connectivity index (χ2n) is 6.34. The molecule has 0 aromatic heterocycles. The molecule has 0 aliphatic heterocycles. The number of nitro benzene ring substituents is 1. The maximum absolute atomic E-state index is 12.3. The Balaban J connectivity index is 1.48. The van der Waals surface area contributed by atoms with Gasteiger partial charge in [0.15, 0.2) is 6.61 Å². The number of non-ortho nitro benzene ring substituents is 1. The molecule has 3 aromatic rings. The van der Waals surface area contributed by atoms with E-state index in [0.717, 1.165) is 5.56 Å². The molecule has 8 nitrogen and oxygen atoms in total. The number of nitrogens with one attached hydrogen (secondary N) is 2. The zero-order chi connectivity index (χ0) is 21.3. The summed E-state index contributed by atoms with van der Waals surface area (Å²) in [4.78, 5) is 34.4. The van der Waals surface area contributed by atoms with Crippen LogP contribution in [-0.4, -0.2) is 23.3 Å². The van der Waals surface area contributed by atoms with Crippen molar-refractivity contribution in [2.24, 2.45) is 0 Å². The third-order valence-corrected chi connectivity index (χ3v) is 4.13. The number of nitro groups is 1. The van der Waals surface area contributed by atoms with Gasteiger partial charge in [-0.2, -0.15) is 0 Å². The Bertz CT molecular complexity index is 1040. The highest BCUT2D eigenvalue weighted by Crippen LogP contribution is 2.18. The van der Waals surface area contributed by atoms with Crippen LogP contribution in [0, 0.1) is 10.1 Å². The molecule has 0 heterocycles. The van der Waals surface area contributed by atoms with E-state index in [1.165, 1.54) is 24.3 Å². The average molecular weight is 405 g/mol. The zero-order valence-corrected chi connectivity index (χ0v) is 15.9. The van der Waals surface area contributed by atoms with Gasteiger partial charge < -0.3 is 15.4 Å². The smallest absolute Gasteiger partial charge is 0.270 e. The molecule has 8 heteroatoms.